The number of hydrogen-bond donors (Lipinski definition) is 1. The van der Waals surface area contributed by atoms with Gasteiger partial charge in [0.25, 0.3) is 5.91 Å². The van der Waals surface area contributed by atoms with Gasteiger partial charge in [-0.3, -0.25) is 4.79 Å². The van der Waals surface area contributed by atoms with Crippen LogP contribution in [-0.4, -0.2) is 11.8 Å². The topological polar surface area (TPSA) is 29.1 Å². The monoisotopic (exact) mass is 371 g/mol. The summed E-state index contributed by atoms with van der Waals surface area (Å²) in [6.45, 7) is 0. The number of rotatable bonds is 4. The third-order valence-electron chi connectivity index (χ3n) is 2.83. The number of hydrogen-bond acceptors (Lipinski definition) is 1. The van der Waals surface area contributed by atoms with Crippen molar-refractivity contribution in [2.45, 2.75) is 6.04 Å². The minimum absolute atomic E-state index is 0.245. The minimum Gasteiger partial charge on any atom is -0.344 e. The normalized spacial score (nSPS) is 11.9. The molecule has 0 saturated heterocycles. The Kier molecular flexibility index (Phi) is 5.46. The molecule has 0 aliphatic rings. The molecule has 0 aromatic heterocycles. The van der Waals surface area contributed by atoms with Crippen molar-refractivity contribution < 1.29 is 4.79 Å². The summed E-state index contributed by atoms with van der Waals surface area (Å²) in [5.74, 6) is 0.0484. The first kappa shape index (κ1) is 15.4. The molecule has 1 atom stereocenters. The molecular weight excluding hydrogens is 361 g/mol. The molecule has 2 nitrogen and oxygen atoms in total. The van der Waals surface area contributed by atoms with E-state index < -0.39 is 0 Å². The molecule has 0 aliphatic carbocycles. The lowest BCUT2D eigenvalue weighted by atomic mass is 10.1. The zero-order valence-electron chi connectivity index (χ0n) is 10.4. The van der Waals surface area contributed by atoms with Crippen LogP contribution in [0.25, 0.3) is 0 Å². The van der Waals surface area contributed by atoms with E-state index in [1.165, 1.54) is 0 Å². The fraction of sp³-hybridized carbons (Fsp3) is 0.133. The van der Waals surface area contributed by atoms with Crippen LogP contribution in [0, 0.1) is 0 Å². The molecule has 2 rings (SSSR count). The van der Waals surface area contributed by atoms with E-state index in [9.17, 15) is 4.79 Å². The molecule has 2 aromatic rings. The molecule has 1 unspecified atom stereocenters. The van der Waals surface area contributed by atoms with Crippen LogP contribution < -0.4 is 5.32 Å². The van der Waals surface area contributed by atoms with Gasteiger partial charge in [-0.15, -0.1) is 11.6 Å². The maximum absolute atomic E-state index is 12.3. The molecule has 0 heterocycles. The van der Waals surface area contributed by atoms with Crippen LogP contribution in [0.5, 0.6) is 0 Å². The highest BCUT2D eigenvalue weighted by Crippen LogP contribution is 2.22. The van der Waals surface area contributed by atoms with Gasteiger partial charge < -0.3 is 5.32 Å². The number of carbonyl (C=O) groups excluding carboxylic acids is 1. The van der Waals surface area contributed by atoms with Crippen LogP contribution in [-0.2, 0) is 0 Å². The van der Waals surface area contributed by atoms with Gasteiger partial charge in [0.05, 0.1) is 16.6 Å². The van der Waals surface area contributed by atoms with E-state index >= 15 is 0 Å². The largest absolute Gasteiger partial charge is 0.344 e. The minimum atomic E-state index is -0.250. The van der Waals surface area contributed by atoms with Crippen LogP contribution in [0.2, 0.25) is 5.02 Å². The highest BCUT2D eigenvalue weighted by molar-refractivity contribution is 9.10. The number of alkyl halides is 1. The first-order chi connectivity index (χ1) is 9.61. The van der Waals surface area contributed by atoms with Crippen LogP contribution in [0.3, 0.4) is 0 Å². The van der Waals surface area contributed by atoms with Gasteiger partial charge in [-0.1, -0.05) is 57.9 Å². The zero-order valence-corrected chi connectivity index (χ0v) is 13.5. The number of nitrogens with one attached hydrogen (secondary N) is 1. The van der Waals surface area contributed by atoms with Crippen LogP contribution >= 0.6 is 39.1 Å². The Hall–Kier alpha value is -1.03. The molecule has 5 heteroatoms. The summed E-state index contributed by atoms with van der Waals surface area (Å²) in [6, 6.07) is 14.5. The third kappa shape index (κ3) is 3.75. The molecule has 20 heavy (non-hydrogen) atoms. The lowest BCUT2D eigenvalue weighted by Crippen LogP contribution is -2.29. The van der Waals surface area contributed by atoms with Gasteiger partial charge in [-0.05, 0) is 23.8 Å². The summed E-state index contributed by atoms with van der Waals surface area (Å²) < 4.78 is 0.800. The molecule has 1 N–H and O–H groups in total. The first-order valence-electron chi connectivity index (χ1n) is 5.98. The molecule has 0 radical (unpaired) electrons. The van der Waals surface area contributed by atoms with Crippen LogP contribution in [0.15, 0.2) is 53.0 Å². The summed E-state index contributed by atoms with van der Waals surface area (Å²) in [4.78, 5) is 12.3. The van der Waals surface area contributed by atoms with Crippen molar-refractivity contribution in [1.82, 2.24) is 5.32 Å². The number of carbonyl (C=O) groups is 1. The Balaban J connectivity index is 2.20. The second kappa shape index (κ2) is 7.11. The van der Waals surface area contributed by atoms with Gasteiger partial charge >= 0.3 is 0 Å². The predicted molar refractivity (Wildman–Crippen MR) is 86.5 cm³/mol. The van der Waals surface area contributed by atoms with Crippen molar-refractivity contribution in [1.29, 1.82) is 0 Å². The van der Waals surface area contributed by atoms with Crippen molar-refractivity contribution in [3.8, 4) is 0 Å². The smallest absolute Gasteiger partial charge is 0.253 e. The van der Waals surface area contributed by atoms with E-state index in [0.717, 1.165) is 10.0 Å². The Morgan fingerprint density at radius 1 is 1.20 bits per heavy atom. The SMILES string of the molecule is O=C(NC(CCl)c1ccccc1)c1cc(Br)ccc1Cl. The Morgan fingerprint density at radius 3 is 2.55 bits per heavy atom. The van der Waals surface area contributed by atoms with Crippen molar-refractivity contribution in [3.05, 3.63) is 69.2 Å². The molecule has 0 spiro atoms. The molecule has 2 aromatic carbocycles. The van der Waals surface area contributed by atoms with Crippen LogP contribution in [0.4, 0.5) is 0 Å². The van der Waals surface area contributed by atoms with Gasteiger partial charge in [0.2, 0.25) is 0 Å². The van der Waals surface area contributed by atoms with Crippen LogP contribution in [0.1, 0.15) is 22.0 Å². The lowest BCUT2D eigenvalue weighted by molar-refractivity contribution is 0.0940. The van der Waals surface area contributed by atoms with Gasteiger partial charge in [0, 0.05) is 10.4 Å². The van der Waals surface area contributed by atoms with Gasteiger partial charge in [0.1, 0.15) is 0 Å². The number of benzene rings is 2. The van der Waals surface area contributed by atoms with E-state index in [1.54, 1.807) is 18.2 Å². The summed E-state index contributed by atoms with van der Waals surface area (Å²) in [7, 11) is 0. The second-order valence-corrected chi connectivity index (χ2v) is 5.85. The summed E-state index contributed by atoms with van der Waals surface area (Å²) >= 11 is 15.3. The quantitative estimate of drug-likeness (QED) is 0.766. The Morgan fingerprint density at radius 2 is 1.90 bits per heavy atom. The summed E-state index contributed by atoms with van der Waals surface area (Å²) in [5.41, 5.74) is 1.38. The average Bonchev–Trinajstić information content (AvgIpc) is 2.48. The van der Waals surface area contributed by atoms with E-state index in [-0.39, 0.29) is 11.9 Å². The van der Waals surface area contributed by atoms with E-state index in [2.05, 4.69) is 21.2 Å². The van der Waals surface area contributed by atoms with Crippen molar-refractivity contribution in [3.63, 3.8) is 0 Å². The van der Waals surface area contributed by atoms with Gasteiger partial charge in [0.15, 0.2) is 0 Å². The Labute approximate surface area is 136 Å². The van der Waals surface area contributed by atoms with Crippen molar-refractivity contribution >= 4 is 45.0 Å². The second-order valence-electron chi connectivity index (χ2n) is 4.22. The number of halogens is 3. The van der Waals surface area contributed by atoms with Gasteiger partial charge in [-0.2, -0.15) is 0 Å². The van der Waals surface area contributed by atoms with Gasteiger partial charge in [-0.25, -0.2) is 0 Å². The maximum Gasteiger partial charge on any atom is 0.253 e. The molecule has 1 amide bonds. The molecule has 0 fully saturated rings. The first-order valence-corrected chi connectivity index (χ1v) is 7.69. The fourth-order valence-corrected chi connectivity index (χ4v) is 2.62. The molecule has 0 bridgehead atoms. The maximum atomic E-state index is 12.3. The third-order valence-corrected chi connectivity index (χ3v) is 3.97. The molecule has 0 saturated carbocycles. The molecule has 104 valence electrons. The summed E-state index contributed by atoms with van der Waals surface area (Å²) in [6.07, 6.45) is 0. The summed E-state index contributed by atoms with van der Waals surface area (Å²) in [5, 5.41) is 3.30. The van der Waals surface area contributed by atoms with E-state index in [0.29, 0.717) is 16.5 Å². The highest BCUT2D eigenvalue weighted by atomic mass is 79.9. The van der Waals surface area contributed by atoms with E-state index in [4.69, 9.17) is 23.2 Å². The molecular formula is C15H12BrCl2NO. The van der Waals surface area contributed by atoms with Crippen molar-refractivity contribution in [2.24, 2.45) is 0 Å². The van der Waals surface area contributed by atoms with Crippen molar-refractivity contribution in [2.75, 3.05) is 5.88 Å². The Bertz CT molecular complexity index is 604. The predicted octanol–water partition coefficient (Wildman–Crippen LogP) is 4.81. The lowest BCUT2D eigenvalue weighted by Gasteiger charge is -2.17. The zero-order chi connectivity index (χ0) is 14.5. The highest BCUT2D eigenvalue weighted by Gasteiger charge is 2.17. The average molecular weight is 373 g/mol. The fourth-order valence-electron chi connectivity index (χ4n) is 1.80. The standard InChI is InChI=1S/C15H12BrCl2NO/c16-11-6-7-13(18)12(8-11)15(20)19-14(9-17)10-4-2-1-3-5-10/h1-8,14H,9H2,(H,19,20). The molecule has 0 aliphatic heterocycles. The van der Waals surface area contributed by atoms with E-state index in [1.807, 2.05) is 30.3 Å². The number of amides is 1.